The molecular formula is C20H30N4O4S. The zero-order chi connectivity index (χ0) is 20.8. The van der Waals surface area contributed by atoms with Crippen molar-refractivity contribution < 1.29 is 18.3 Å². The maximum Gasteiger partial charge on any atom is 0.411 e. The minimum atomic E-state index is -3.09. The molecule has 0 radical (unpaired) electrons. The quantitative estimate of drug-likeness (QED) is 0.578. The zero-order valence-electron chi connectivity index (χ0n) is 16.7. The van der Waals surface area contributed by atoms with Gasteiger partial charge >= 0.3 is 6.09 Å². The lowest BCUT2D eigenvalue weighted by atomic mass is 9.51. The fraction of sp³-hybridized carbons (Fsp3) is 0.650. The number of benzene rings is 1. The number of nitrogens with one attached hydrogen (secondary N) is 2. The van der Waals surface area contributed by atoms with Crippen molar-refractivity contribution in [3.63, 3.8) is 0 Å². The molecular weight excluding hydrogens is 392 g/mol. The van der Waals surface area contributed by atoms with Gasteiger partial charge in [0.2, 0.25) is 10.0 Å². The number of hydrogen-bond donors (Lipinski definition) is 4. The van der Waals surface area contributed by atoms with Crippen LogP contribution in [0.5, 0.6) is 0 Å². The van der Waals surface area contributed by atoms with E-state index in [2.05, 4.69) is 10.0 Å². The summed E-state index contributed by atoms with van der Waals surface area (Å²) < 4.78 is 25.8. The smallest absolute Gasteiger partial charge is 0.411 e. The highest BCUT2D eigenvalue weighted by atomic mass is 32.2. The topological polar surface area (TPSA) is 125 Å². The van der Waals surface area contributed by atoms with Gasteiger partial charge in [-0.05, 0) is 62.0 Å². The molecule has 4 fully saturated rings. The number of nitrogens with zero attached hydrogens (tertiary/aromatic N) is 1. The van der Waals surface area contributed by atoms with Gasteiger partial charge in [0.1, 0.15) is 0 Å². The van der Waals surface area contributed by atoms with E-state index >= 15 is 0 Å². The molecule has 5 N–H and O–H groups in total. The van der Waals surface area contributed by atoms with Crippen LogP contribution in [-0.4, -0.2) is 50.5 Å². The highest BCUT2D eigenvalue weighted by Gasteiger charge is 2.55. The third-order valence-electron chi connectivity index (χ3n) is 6.82. The van der Waals surface area contributed by atoms with Crippen molar-refractivity contribution in [2.45, 2.75) is 43.7 Å². The van der Waals surface area contributed by atoms with Crippen LogP contribution < -0.4 is 20.7 Å². The van der Waals surface area contributed by atoms with Crippen LogP contribution in [-0.2, 0) is 10.0 Å². The number of hydrogen-bond acceptors (Lipinski definition) is 5. The Kier molecular flexibility index (Phi) is 5.25. The summed E-state index contributed by atoms with van der Waals surface area (Å²) in [6, 6.07) is 7.71. The molecule has 0 spiro atoms. The van der Waals surface area contributed by atoms with E-state index in [1.54, 1.807) is 6.07 Å². The summed E-state index contributed by atoms with van der Waals surface area (Å²) in [5, 5.41) is 12.0. The summed E-state index contributed by atoms with van der Waals surface area (Å²) in [7, 11) is -3.09. The van der Waals surface area contributed by atoms with E-state index in [0.717, 1.165) is 30.6 Å². The Labute approximate surface area is 171 Å². The molecule has 2 unspecified atom stereocenters. The standard InChI is InChI=1S/C11H20N2O2S.C9H10N2O2/c1-16(14,15)13-11-4-7-2-8(5-11)10(12)9(3-7)6-11;12-9(13)11-6-5-10-7-3-1-2-4-8(7)11/h7-10,13H,2-6,12H2,1H3;1-4,10H,5-6H2,(H,12,13). The van der Waals surface area contributed by atoms with Crippen LogP contribution in [0, 0.1) is 17.8 Å². The second kappa shape index (κ2) is 7.45. The molecule has 9 heteroatoms. The summed E-state index contributed by atoms with van der Waals surface area (Å²) in [6.45, 7) is 1.18. The van der Waals surface area contributed by atoms with Crippen molar-refractivity contribution in [3.8, 4) is 0 Å². The number of carbonyl (C=O) groups is 1. The molecule has 1 heterocycles. The number of nitrogens with two attached hydrogens (primary N) is 1. The maximum absolute atomic E-state index is 11.5. The molecule has 2 atom stereocenters. The maximum atomic E-state index is 11.5. The van der Waals surface area contributed by atoms with E-state index in [0.29, 0.717) is 36.9 Å². The minimum absolute atomic E-state index is 0.153. The van der Waals surface area contributed by atoms with Crippen LogP contribution in [0.2, 0.25) is 0 Å². The Hall–Kier alpha value is -1.84. The average molecular weight is 423 g/mol. The Morgan fingerprint density at radius 1 is 1.24 bits per heavy atom. The molecule has 0 saturated heterocycles. The van der Waals surface area contributed by atoms with Gasteiger partial charge in [0, 0.05) is 24.7 Å². The van der Waals surface area contributed by atoms with Crippen LogP contribution in [0.1, 0.15) is 32.1 Å². The van der Waals surface area contributed by atoms with E-state index in [9.17, 15) is 13.2 Å². The van der Waals surface area contributed by atoms with Crippen LogP contribution in [0.15, 0.2) is 24.3 Å². The second-order valence-corrected chi connectivity index (χ2v) is 10.8. The number of carboxylic acid groups (broad SMARTS) is 1. The average Bonchev–Trinajstić information content (AvgIpc) is 2.63. The summed E-state index contributed by atoms with van der Waals surface area (Å²) in [5.74, 6) is 1.78. The Morgan fingerprint density at radius 2 is 1.90 bits per heavy atom. The van der Waals surface area contributed by atoms with Crippen molar-refractivity contribution in [2.24, 2.45) is 23.5 Å². The van der Waals surface area contributed by atoms with Crippen molar-refractivity contribution >= 4 is 27.5 Å². The highest BCUT2D eigenvalue weighted by Crippen LogP contribution is 2.55. The third-order valence-corrected chi connectivity index (χ3v) is 7.63. The normalized spacial score (nSPS) is 34.6. The molecule has 5 aliphatic rings. The van der Waals surface area contributed by atoms with Crippen LogP contribution >= 0.6 is 0 Å². The van der Waals surface area contributed by atoms with E-state index in [1.165, 1.54) is 24.0 Å². The molecule has 4 aliphatic carbocycles. The van der Waals surface area contributed by atoms with E-state index in [1.807, 2.05) is 18.2 Å². The largest absolute Gasteiger partial charge is 0.465 e. The summed E-state index contributed by atoms with van der Waals surface area (Å²) >= 11 is 0. The van der Waals surface area contributed by atoms with Gasteiger partial charge in [-0.2, -0.15) is 0 Å². The van der Waals surface area contributed by atoms with Gasteiger partial charge in [0.25, 0.3) is 0 Å². The highest BCUT2D eigenvalue weighted by molar-refractivity contribution is 7.88. The van der Waals surface area contributed by atoms with Crippen molar-refractivity contribution in [2.75, 3.05) is 29.6 Å². The Bertz CT molecular complexity index is 874. The molecule has 4 bridgehead atoms. The Balaban J connectivity index is 0.000000145. The fourth-order valence-electron chi connectivity index (χ4n) is 6.06. The zero-order valence-corrected chi connectivity index (χ0v) is 17.5. The number of fused-ring (bicyclic) bond motifs is 1. The molecule has 4 saturated carbocycles. The van der Waals surface area contributed by atoms with E-state index in [-0.39, 0.29) is 5.54 Å². The number of amides is 1. The molecule has 8 nitrogen and oxygen atoms in total. The lowest BCUT2D eigenvalue weighted by Gasteiger charge is -2.59. The van der Waals surface area contributed by atoms with Gasteiger partial charge in [0.15, 0.2) is 0 Å². The molecule has 0 aromatic heterocycles. The molecule has 1 aromatic carbocycles. The number of rotatable bonds is 2. The van der Waals surface area contributed by atoms with Crippen LogP contribution in [0.25, 0.3) is 0 Å². The van der Waals surface area contributed by atoms with E-state index < -0.39 is 16.1 Å². The first-order valence-corrected chi connectivity index (χ1v) is 12.1. The van der Waals surface area contributed by atoms with Crippen molar-refractivity contribution in [1.29, 1.82) is 0 Å². The Morgan fingerprint density at radius 3 is 2.52 bits per heavy atom. The molecule has 1 aliphatic heterocycles. The fourth-order valence-corrected chi connectivity index (χ4v) is 7.10. The van der Waals surface area contributed by atoms with Gasteiger partial charge in [0.05, 0.1) is 17.6 Å². The van der Waals surface area contributed by atoms with Gasteiger partial charge in [-0.25, -0.2) is 17.9 Å². The number of anilines is 2. The van der Waals surface area contributed by atoms with Gasteiger partial charge in [-0.1, -0.05) is 12.1 Å². The van der Waals surface area contributed by atoms with Gasteiger partial charge in [-0.15, -0.1) is 0 Å². The van der Waals surface area contributed by atoms with Crippen molar-refractivity contribution in [3.05, 3.63) is 24.3 Å². The lowest BCUT2D eigenvalue weighted by molar-refractivity contribution is -0.0249. The second-order valence-electron chi connectivity index (χ2n) is 9.08. The monoisotopic (exact) mass is 422 g/mol. The van der Waals surface area contributed by atoms with Crippen LogP contribution in [0.4, 0.5) is 16.2 Å². The molecule has 1 amide bonds. The first kappa shape index (κ1) is 20.4. The lowest BCUT2D eigenvalue weighted by Crippen LogP contribution is -2.65. The summed E-state index contributed by atoms with van der Waals surface area (Å²) in [6.07, 6.45) is 5.73. The summed E-state index contributed by atoms with van der Waals surface area (Å²) in [4.78, 5) is 12.2. The predicted octanol–water partition coefficient (Wildman–Crippen LogP) is 2.04. The first-order valence-electron chi connectivity index (χ1n) is 10.2. The number of sulfonamides is 1. The minimum Gasteiger partial charge on any atom is -0.465 e. The van der Waals surface area contributed by atoms with Gasteiger partial charge in [-0.3, -0.25) is 4.90 Å². The number of para-hydroxylation sites is 2. The molecule has 1 aromatic rings. The first-order chi connectivity index (χ1) is 13.7. The summed E-state index contributed by atoms with van der Waals surface area (Å²) in [5.41, 5.74) is 7.68. The molecule has 160 valence electrons. The third kappa shape index (κ3) is 4.22. The van der Waals surface area contributed by atoms with Gasteiger partial charge < -0.3 is 16.2 Å². The van der Waals surface area contributed by atoms with E-state index in [4.69, 9.17) is 10.8 Å². The van der Waals surface area contributed by atoms with Crippen LogP contribution in [0.3, 0.4) is 0 Å². The SMILES string of the molecule is CS(=O)(=O)NC12CC3CC(C1)C(N)C(C3)C2.O=C(O)N1CCNc2ccccc21. The molecule has 29 heavy (non-hydrogen) atoms. The van der Waals surface area contributed by atoms with Crippen molar-refractivity contribution in [1.82, 2.24) is 4.72 Å². The predicted molar refractivity (Wildman–Crippen MR) is 113 cm³/mol. The molecule has 6 rings (SSSR count).